The fraction of sp³-hybridized carbons (Fsp3) is 0.462. The Balaban J connectivity index is 1.87. The van der Waals surface area contributed by atoms with E-state index in [2.05, 4.69) is 5.32 Å². The van der Waals surface area contributed by atoms with Crippen LogP contribution >= 0.6 is 11.6 Å². The molecule has 0 heterocycles. The highest BCUT2D eigenvalue weighted by Crippen LogP contribution is 2.26. The van der Waals surface area contributed by atoms with E-state index in [9.17, 15) is 9.59 Å². The third-order valence-electron chi connectivity index (χ3n) is 6.11. The maximum atomic E-state index is 13.6. The zero-order chi connectivity index (χ0) is 22.8. The molecular weight excluding hydrogens is 424 g/mol. The van der Waals surface area contributed by atoms with E-state index in [0.29, 0.717) is 18.7 Å². The minimum absolute atomic E-state index is 0.145. The highest BCUT2D eigenvalue weighted by molar-refractivity contribution is 6.27. The molecule has 2 aromatic carbocycles. The first-order chi connectivity index (χ1) is 15.6. The molecule has 2 amide bonds. The lowest BCUT2D eigenvalue weighted by atomic mass is 10.0. The van der Waals surface area contributed by atoms with E-state index in [1.54, 1.807) is 12.0 Å². The Labute approximate surface area is 196 Å². The van der Waals surface area contributed by atoms with Gasteiger partial charge in [-0.15, -0.1) is 11.6 Å². The van der Waals surface area contributed by atoms with Gasteiger partial charge in [0.15, 0.2) is 0 Å². The van der Waals surface area contributed by atoms with E-state index >= 15 is 0 Å². The number of nitrogens with one attached hydrogen (secondary N) is 1. The quantitative estimate of drug-likeness (QED) is 0.432. The molecule has 0 radical (unpaired) electrons. The number of benzene rings is 2. The highest BCUT2D eigenvalue weighted by Gasteiger charge is 2.32. The van der Waals surface area contributed by atoms with Gasteiger partial charge in [0, 0.05) is 12.6 Å². The lowest BCUT2D eigenvalue weighted by Gasteiger charge is -2.32. The topological polar surface area (TPSA) is 58.6 Å². The molecule has 6 heteroatoms. The number of nitrogens with zero attached hydrogens (tertiary/aromatic N) is 1. The van der Waals surface area contributed by atoms with Gasteiger partial charge in [-0.25, -0.2) is 0 Å². The van der Waals surface area contributed by atoms with Gasteiger partial charge in [0.05, 0.1) is 7.11 Å². The predicted molar refractivity (Wildman–Crippen MR) is 128 cm³/mol. The van der Waals surface area contributed by atoms with Crippen LogP contribution in [0.4, 0.5) is 0 Å². The van der Waals surface area contributed by atoms with Crippen molar-refractivity contribution in [3.8, 4) is 5.75 Å². The van der Waals surface area contributed by atoms with E-state index in [-0.39, 0.29) is 23.7 Å². The van der Waals surface area contributed by atoms with Gasteiger partial charge < -0.3 is 15.0 Å². The second-order valence-corrected chi connectivity index (χ2v) is 8.60. The average Bonchev–Trinajstić information content (AvgIpc) is 3.10. The highest BCUT2D eigenvalue weighted by atomic mass is 35.5. The van der Waals surface area contributed by atoms with Gasteiger partial charge in [-0.05, 0) is 42.5 Å². The fourth-order valence-electron chi connectivity index (χ4n) is 4.33. The van der Waals surface area contributed by atoms with E-state index in [0.717, 1.165) is 36.8 Å². The molecule has 0 saturated heterocycles. The monoisotopic (exact) mass is 456 g/mol. The molecule has 172 valence electrons. The summed E-state index contributed by atoms with van der Waals surface area (Å²) in [7, 11) is 1.61. The molecule has 1 fully saturated rings. The largest absolute Gasteiger partial charge is 0.497 e. The maximum Gasteiger partial charge on any atom is 0.247 e. The summed E-state index contributed by atoms with van der Waals surface area (Å²) in [6, 6.07) is 16.7. The third kappa shape index (κ3) is 6.73. The zero-order valence-corrected chi connectivity index (χ0v) is 19.5. The second kappa shape index (κ2) is 12.5. The number of hydrogen-bond donors (Lipinski definition) is 1. The van der Waals surface area contributed by atoms with Crippen molar-refractivity contribution in [2.75, 3.05) is 19.5 Å². The van der Waals surface area contributed by atoms with Crippen LogP contribution in [0.15, 0.2) is 54.6 Å². The lowest BCUT2D eigenvalue weighted by molar-refractivity contribution is -0.139. The minimum Gasteiger partial charge on any atom is -0.497 e. The Morgan fingerprint density at radius 1 is 1.03 bits per heavy atom. The molecule has 32 heavy (non-hydrogen) atoms. The van der Waals surface area contributed by atoms with E-state index in [1.165, 1.54) is 12.8 Å². The molecule has 0 aromatic heterocycles. The SMILES string of the molecule is COc1ccc([C@H](C(=O)NC2CCCCCC2)N(CCc2ccccc2)C(=O)CCl)cc1. The van der Waals surface area contributed by atoms with Crippen LogP contribution in [0, 0.1) is 0 Å². The van der Waals surface area contributed by atoms with E-state index in [1.807, 2.05) is 54.6 Å². The molecule has 1 atom stereocenters. The second-order valence-electron chi connectivity index (χ2n) is 8.33. The van der Waals surface area contributed by atoms with Crippen LogP contribution in [0.25, 0.3) is 0 Å². The van der Waals surface area contributed by atoms with E-state index < -0.39 is 6.04 Å². The molecule has 0 bridgehead atoms. The molecule has 1 aliphatic rings. The van der Waals surface area contributed by atoms with Crippen LogP contribution in [0.2, 0.25) is 0 Å². The lowest BCUT2D eigenvalue weighted by Crippen LogP contribution is -2.47. The standard InChI is InChI=1S/C26H33ClN2O3/c1-32-23-15-13-21(14-16-23)25(26(31)28-22-11-7-2-3-8-12-22)29(24(30)19-27)18-17-20-9-5-4-6-10-20/h4-6,9-10,13-16,22,25H,2-3,7-8,11-12,17-19H2,1H3,(H,28,31)/t25-/m1/s1. The predicted octanol–water partition coefficient (Wildman–Crippen LogP) is 4.89. The van der Waals surface area contributed by atoms with Crippen LogP contribution < -0.4 is 10.1 Å². The molecule has 1 aliphatic carbocycles. The molecular formula is C26H33ClN2O3. The first kappa shape index (κ1) is 24.1. The molecule has 2 aromatic rings. The number of halogens is 1. The summed E-state index contributed by atoms with van der Waals surface area (Å²) in [6.07, 6.45) is 7.27. The molecule has 1 saturated carbocycles. The van der Waals surface area contributed by atoms with Crippen molar-refractivity contribution < 1.29 is 14.3 Å². The van der Waals surface area contributed by atoms with Crippen LogP contribution in [-0.4, -0.2) is 42.3 Å². The van der Waals surface area contributed by atoms with Gasteiger partial charge in [0.25, 0.3) is 0 Å². The summed E-state index contributed by atoms with van der Waals surface area (Å²) in [6.45, 7) is 0.407. The summed E-state index contributed by atoms with van der Waals surface area (Å²) in [5.41, 5.74) is 1.86. The van der Waals surface area contributed by atoms with Crippen LogP contribution in [-0.2, 0) is 16.0 Å². The summed E-state index contributed by atoms with van der Waals surface area (Å²) in [5, 5.41) is 3.24. The molecule has 3 rings (SSSR count). The van der Waals surface area contributed by atoms with Gasteiger partial charge in [-0.3, -0.25) is 9.59 Å². The number of hydrogen-bond acceptors (Lipinski definition) is 3. The van der Waals surface area contributed by atoms with Gasteiger partial charge in [-0.1, -0.05) is 68.1 Å². The van der Waals surface area contributed by atoms with Gasteiger partial charge >= 0.3 is 0 Å². The Bertz CT molecular complexity index is 849. The van der Waals surface area contributed by atoms with Crippen molar-refractivity contribution in [3.63, 3.8) is 0 Å². The maximum absolute atomic E-state index is 13.6. The average molecular weight is 457 g/mol. The number of rotatable bonds is 9. The van der Waals surface area contributed by atoms with Crippen molar-refractivity contribution >= 4 is 23.4 Å². The van der Waals surface area contributed by atoms with Crippen molar-refractivity contribution in [2.24, 2.45) is 0 Å². The summed E-state index contributed by atoms with van der Waals surface area (Å²) in [5.74, 6) is 0.141. The smallest absolute Gasteiger partial charge is 0.247 e. The number of ether oxygens (including phenoxy) is 1. The summed E-state index contributed by atoms with van der Waals surface area (Å²) in [4.78, 5) is 28.1. The minimum atomic E-state index is -0.737. The molecule has 0 unspecified atom stereocenters. The number of methoxy groups -OCH3 is 1. The molecule has 0 aliphatic heterocycles. The molecule has 0 spiro atoms. The van der Waals surface area contributed by atoms with Crippen LogP contribution in [0.5, 0.6) is 5.75 Å². The van der Waals surface area contributed by atoms with Crippen molar-refractivity contribution in [2.45, 2.75) is 57.0 Å². The normalized spacial score (nSPS) is 15.4. The molecule has 5 nitrogen and oxygen atoms in total. The van der Waals surface area contributed by atoms with E-state index in [4.69, 9.17) is 16.3 Å². The van der Waals surface area contributed by atoms with Crippen LogP contribution in [0.3, 0.4) is 0 Å². The first-order valence-electron chi connectivity index (χ1n) is 11.5. The number of carbonyl (C=O) groups excluding carboxylic acids is 2. The third-order valence-corrected chi connectivity index (χ3v) is 6.34. The van der Waals surface area contributed by atoms with Gasteiger partial charge in [0.1, 0.15) is 17.7 Å². The first-order valence-corrected chi connectivity index (χ1v) is 12.0. The summed E-state index contributed by atoms with van der Waals surface area (Å²) < 4.78 is 5.28. The summed E-state index contributed by atoms with van der Waals surface area (Å²) >= 11 is 5.98. The zero-order valence-electron chi connectivity index (χ0n) is 18.8. The Morgan fingerprint density at radius 2 is 1.69 bits per heavy atom. The Kier molecular flexibility index (Phi) is 9.42. The Morgan fingerprint density at radius 3 is 2.28 bits per heavy atom. The van der Waals surface area contributed by atoms with Gasteiger partial charge in [0.2, 0.25) is 11.8 Å². The number of amides is 2. The van der Waals surface area contributed by atoms with Crippen molar-refractivity contribution in [1.82, 2.24) is 10.2 Å². The Hall–Kier alpha value is -2.53. The number of alkyl halides is 1. The van der Waals surface area contributed by atoms with Crippen molar-refractivity contribution in [3.05, 3.63) is 65.7 Å². The number of carbonyl (C=O) groups is 2. The molecule has 1 N–H and O–H groups in total. The van der Waals surface area contributed by atoms with Gasteiger partial charge in [-0.2, -0.15) is 0 Å². The fourth-order valence-corrected chi connectivity index (χ4v) is 4.49. The van der Waals surface area contributed by atoms with Crippen molar-refractivity contribution in [1.29, 1.82) is 0 Å². The van der Waals surface area contributed by atoms with Crippen LogP contribution in [0.1, 0.15) is 55.7 Å².